The quantitative estimate of drug-likeness (QED) is 0.853. The molecular weight excluding hydrogens is 296 g/mol. The molecule has 18 heavy (non-hydrogen) atoms. The Balaban J connectivity index is 2.28. The number of anilines is 1. The maximum atomic E-state index is 11.6. The minimum Gasteiger partial charge on any atom is -0.325 e. The summed E-state index contributed by atoms with van der Waals surface area (Å²) in [6, 6.07) is 7.48. The summed E-state index contributed by atoms with van der Waals surface area (Å²) in [6.45, 7) is 1.84. The smallest absolute Gasteiger partial charge is 0.225 e. The van der Waals surface area contributed by atoms with Gasteiger partial charge in [-0.3, -0.25) is 9.89 Å². The van der Waals surface area contributed by atoms with E-state index in [1.54, 1.807) is 0 Å². The van der Waals surface area contributed by atoms with Gasteiger partial charge >= 0.3 is 0 Å². The molecule has 0 saturated carbocycles. The van der Waals surface area contributed by atoms with Gasteiger partial charge in [0.15, 0.2) is 5.82 Å². The summed E-state index contributed by atoms with van der Waals surface area (Å²) in [4.78, 5) is 15.9. The van der Waals surface area contributed by atoms with Crippen LogP contribution >= 0.6 is 15.9 Å². The second-order valence-electron chi connectivity index (χ2n) is 3.78. The number of nitrogens with zero attached hydrogens (tertiary/aromatic N) is 2. The van der Waals surface area contributed by atoms with Crippen molar-refractivity contribution in [1.29, 1.82) is 0 Å². The van der Waals surface area contributed by atoms with E-state index in [1.165, 1.54) is 0 Å². The molecule has 0 aliphatic carbocycles. The predicted molar refractivity (Wildman–Crippen MR) is 73.6 cm³/mol. The lowest BCUT2D eigenvalue weighted by atomic mass is 10.1. The number of nitrogens with one attached hydrogen (secondary N) is 2. The van der Waals surface area contributed by atoms with Crippen LogP contribution in [0.4, 0.5) is 5.69 Å². The van der Waals surface area contributed by atoms with Crippen molar-refractivity contribution in [3.05, 3.63) is 30.1 Å². The molecule has 2 aromatic rings. The highest BCUT2D eigenvalue weighted by atomic mass is 79.9. The van der Waals surface area contributed by atoms with E-state index in [2.05, 4.69) is 36.4 Å². The van der Waals surface area contributed by atoms with Crippen LogP contribution < -0.4 is 5.32 Å². The average Bonchev–Trinajstić information content (AvgIpc) is 2.77. The van der Waals surface area contributed by atoms with Gasteiger partial charge in [-0.2, -0.15) is 5.10 Å². The first kappa shape index (κ1) is 12.8. The Morgan fingerprint density at radius 3 is 2.89 bits per heavy atom. The zero-order chi connectivity index (χ0) is 13.0. The number of rotatable bonds is 4. The largest absolute Gasteiger partial charge is 0.325 e. The van der Waals surface area contributed by atoms with Gasteiger partial charge in [-0.1, -0.05) is 28.1 Å². The lowest BCUT2D eigenvalue weighted by Crippen LogP contribution is -2.12. The molecular formula is C12H13BrN4O. The molecule has 0 aliphatic heterocycles. The highest BCUT2D eigenvalue weighted by Crippen LogP contribution is 2.24. The number of halogens is 1. The van der Waals surface area contributed by atoms with Crippen molar-refractivity contribution < 1.29 is 4.79 Å². The van der Waals surface area contributed by atoms with Gasteiger partial charge in [0.05, 0.1) is 5.69 Å². The van der Waals surface area contributed by atoms with Gasteiger partial charge in [0.1, 0.15) is 5.82 Å². The zero-order valence-corrected chi connectivity index (χ0v) is 11.5. The second kappa shape index (κ2) is 5.77. The molecule has 6 heteroatoms. The van der Waals surface area contributed by atoms with Crippen molar-refractivity contribution >= 4 is 27.5 Å². The highest BCUT2D eigenvalue weighted by Gasteiger charge is 2.10. The standard InChI is InChI=1S/C12H13BrN4O/c1-8-14-12(17-16-8)9-4-2-3-5-10(9)15-11(18)6-7-13/h2-5H,6-7H2,1H3,(H,15,18)(H,14,16,17). The molecule has 94 valence electrons. The molecule has 2 N–H and O–H groups in total. The molecule has 0 radical (unpaired) electrons. The van der Waals surface area contributed by atoms with E-state index in [9.17, 15) is 4.79 Å². The Morgan fingerprint density at radius 1 is 1.44 bits per heavy atom. The van der Waals surface area contributed by atoms with E-state index in [-0.39, 0.29) is 5.91 Å². The maximum Gasteiger partial charge on any atom is 0.225 e. The number of amides is 1. The molecule has 0 saturated heterocycles. The van der Waals surface area contributed by atoms with Crippen LogP contribution in [0.15, 0.2) is 24.3 Å². The molecule has 0 aliphatic rings. The van der Waals surface area contributed by atoms with Gasteiger partial charge in [-0.05, 0) is 19.1 Å². The van der Waals surface area contributed by atoms with Gasteiger partial charge in [-0.15, -0.1) is 0 Å². The lowest BCUT2D eigenvalue weighted by Gasteiger charge is -2.07. The molecule has 0 bridgehead atoms. The number of aromatic amines is 1. The van der Waals surface area contributed by atoms with Crippen LogP contribution in [0.1, 0.15) is 12.2 Å². The molecule has 0 atom stereocenters. The Bertz CT molecular complexity index is 553. The molecule has 2 rings (SSSR count). The number of carbonyl (C=O) groups is 1. The molecule has 5 nitrogen and oxygen atoms in total. The normalized spacial score (nSPS) is 10.3. The van der Waals surface area contributed by atoms with Crippen molar-refractivity contribution in [3.63, 3.8) is 0 Å². The highest BCUT2D eigenvalue weighted by molar-refractivity contribution is 9.09. The van der Waals surface area contributed by atoms with Crippen LogP contribution in [-0.4, -0.2) is 26.4 Å². The number of aromatic nitrogens is 3. The van der Waals surface area contributed by atoms with Crippen molar-refractivity contribution in [1.82, 2.24) is 15.2 Å². The van der Waals surface area contributed by atoms with Crippen LogP contribution in [0.25, 0.3) is 11.4 Å². The minimum atomic E-state index is -0.0356. The Labute approximate surface area is 113 Å². The van der Waals surface area contributed by atoms with E-state index in [4.69, 9.17) is 0 Å². The summed E-state index contributed by atoms with van der Waals surface area (Å²) in [5.74, 6) is 1.29. The fourth-order valence-electron chi connectivity index (χ4n) is 1.55. The fourth-order valence-corrected chi connectivity index (χ4v) is 1.91. The number of H-pyrrole nitrogens is 1. The van der Waals surface area contributed by atoms with Gasteiger partial charge < -0.3 is 5.32 Å². The topological polar surface area (TPSA) is 70.7 Å². The first-order chi connectivity index (χ1) is 8.70. The minimum absolute atomic E-state index is 0.0356. The Hall–Kier alpha value is -1.69. The third-order valence-corrected chi connectivity index (χ3v) is 2.76. The first-order valence-corrected chi connectivity index (χ1v) is 6.67. The molecule has 0 fully saturated rings. The van der Waals surface area contributed by atoms with E-state index in [0.29, 0.717) is 17.6 Å². The van der Waals surface area contributed by atoms with Gasteiger partial charge in [0.2, 0.25) is 5.91 Å². The number of aryl methyl sites for hydroxylation is 1. The van der Waals surface area contributed by atoms with E-state index >= 15 is 0 Å². The molecule has 1 aromatic carbocycles. The molecule has 1 aromatic heterocycles. The van der Waals surface area contributed by atoms with E-state index in [0.717, 1.165) is 17.1 Å². The maximum absolute atomic E-state index is 11.6. The van der Waals surface area contributed by atoms with E-state index < -0.39 is 0 Å². The van der Waals surface area contributed by atoms with Crippen LogP contribution in [0.5, 0.6) is 0 Å². The van der Waals surface area contributed by atoms with Crippen molar-refractivity contribution in [3.8, 4) is 11.4 Å². The second-order valence-corrected chi connectivity index (χ2v) is 4.57. The van der Waals surface area contributed by atoms with Crippen LogP contribution in [0, 0.1) is 6.92 Å². The van der Waals surface area contributed by atoms with Gasteiger partial charge in [0, 0.05) is 17.3 Å². The SMILES string of the molecule is Cc1nc(-c2ccccc2NC(=O)CCBr)n[nH]1. The van der Waals surface area contributed by atoms with Crippen molar-refractivity contribution in [2.75, 3.05) is 10.6 Å². The molecule has 1 amide bonds. The van der Waals surface area contributed by atoms with E-state index in [1.807, 2.05) is 31.2 Å². The third kappa shape index (κ3) is 2.95. The summed E-state index contributed by atoms with van der Waals surface area (Å²) in [5, 5.41) is 10.4. The molecule has 0 spiro atoms. The first-order valence-electron chi connectivity index (χ1n) is 5.55. The molecule has 0 unspecified atom stereocenters. The number of alkyl halides is 1. The molecule has 1 heterocycles. The zero-order valence-electron chi connectivity index (χ0n) is 9.90. The third-order valence-electron chi connectivity index (χ3n) is 2.36. The Kier molecular flexibility index (Phi) is 4.09. The summed E-state index contributed by atoms with van der Waals surface area (Å²) in [7, 11) is 0. The fraction of sp³-hybridized carbons (Fsp3) is 0.250. The number of para-hydroxylation sites is 1. The number of hydrogen-bond acceptors (Lipinski definition) is 3. The van der Waals surface area contributed by atoms with Crippen LogP contribution in [0.3, 0.4) is 0 Å². The van der Waals surface area contributed by atoms with Crippen molar-refractivity contribution in [2.45, 2.75) is 13.3 Å². The summed E-state index contributed by atoms with van der Waals surface area (Å²) in [6.07, 6.45) is 0.432. The lowest BCUT2D eigenvalue weighted by molar-refractivity contribution is -0.115. The van der Waals surface area contributed by atoms with Gasteiger partial charge in [0.25, 0.3) is 0 Å². The van der Waals surface area contributed by atoms with Crippen LogP contribution in [-0.2, 0) is 4.79 Å². The summed E-state index contributed by atoms with van der Waals surface area (Å²) in [5.41, 5.74) is 1.53. The number of carbonyl (C=O) groups excluding carboxylic acids is 1. The average molecular weight is 309 g/mol. The predicted octanol–water partition coefficient (Wildman–Crippen LogP) is 2.50. The number of hydrogen-bond donors (Lipinski definition) is 2. The van der Waals surface area contributed by atoms with Crippen molar-refractivity contribution in [2.24, 2.45) is 0 Å². The summed E-state index contributed by atoms with van der Waals surface area (Å²) >= 11 is 3.24. The van der Waals surface area contributed by atoms with Gasteiger partial charge in [-0.25, -0.2) is 4.98 Å². The van der Waals surface area contributed by atoms with Crippen LogP contribution in [0.2, 0.25) is 0 Å². The monoisotopic (exact) mass is 308 g/mol. The number of benzene rings is 1. The summed E-state index contributed by atoms with van der Waals surface area (Å²) < 4.78 is 0. The Morgan fingerprint density at radius 2 is 2.22 bits per heavy atom.